The monoisotopic (exact) mass is 428 g/mol. The highest BCUT2D eigenvalue weighted by atomic mass is 16.5. The van der Waals surface area contributed by atoms with Crippen molar-refractivity contribution in [2.45, 2.75) is 38.8 Å². The molecule has 4 heteroatoms. The van der Waals surface area contributed by atoms with Crippen LogP contribution in [0.2, 0.25) is 0 Å². The van der Waals surface area contributed by atoms with Crippen LogP contribution >= 0.6 is 0 Å². The van der Waals surface area contributed by atoms with Crippen molar-refractivity contribution in [2.24, 2.45) is 0 Å². The molecule has 1 aliphatic heterocycles. The maximum absolute atomic E-state index is 13.6. The Morgan fingerprint density at radius 2 is 1.59 bits per heavy atom. The van der Waals surface area contributed by atoms with E-state index in [1.807, 2.05) is 47.4 Å². The van der Waals surface area contributed by atoms with E-state index in [4.69, 9.17) is 4.74 Å². The molecular weight excluding hydrogens is 396 g/mol. The standard InChI is InChI=1S/C28H32N2O2/c1-3-22-13-15-25(16-14-22)30(28(31)23-9-5-4-6-10-23)26-17-19-29(20-18-26)21-24-11-7-8-12-27(24)32-2/h4-16,26H,3,17-21H2,1-2H3. The van der Waals surface area contributed by atoms with E-state index >= 15 is 0 Å². The number of benzene rings is 3. The van der Waals surface area contributed by atoms with Crippen molar-refractivity contribution in [3.8, 4) is 5.75 Å². The van der Waals surface area contributed by atoms with Crippen LogP contribution in [0.5, 0.6) is 5.75 Å². The van der Waals surface area contributed by atoms with E-state index in [2.05, 4.69) is 48.2 Å². The molecule has 1 heterocycles. The fraction of sp³-hybridized carbons (Fsp3) is 0.321. The molecule has 1 saturated heterocycles. The van der Waals surface area contributed by atoms with Gasteiger partial charge in [-0.2, -0.15) is 0 Å². The van der Waals surface area contributed by atoms with Crippen LogP contribution in [-0.4, -0.2) is 37.0 Å². The number of ether oxygens (including phenoxy) is 1. The van der Waals surface area contributed by atoms with Gasteiger partial charge in [-0.15, -0.1) is 0 Å². The predicted octanol–water partition coefficient (Wildman–Crippen LogP) is 5.57. The number of rotatable bonds is 7. The molecule has 4 nitrogen and oxygen atoms in total. The van der Waals surface area contributed by atoms with Gasteiger partial charge in [0.25, 0.3) is 5.91 Å². The summed E-state index contributed by atoms with van der Waals surface area (Å²) in [6.45, 7) is 4.93. The van der Waals surface area contributed by atoms with Crippen molar-refractivity contribution in [1.29, 1.82) is 0 Å². The Kier molecular flexibility index (Phi) is 7.23. The molecule has 0 aromatic heterocycles. The molecule has 32 heavy (non-hydrogen) atoms. The molecule has 3 aromatic rings. The molecule has 166 valence electrons. The summed E-state index contributed by atoms with van der Waals surface area (Å²) in [7, 11) is 1.72. The van der Waals surface area contributed by atoms with E-state index in [-0.39, 0.29) is 11.9 Å². The summed E-state index contributed by atoms with van der Waals surface area (Å²) in [4.78, 5) is 18.0. The van der Waals surface area contributed by atoms with Gasteiger partial charge in [-0.1, -0.05) is 55.5 Å². The lowest BCUT2D eigenvalue weighted by atomic mass is 9.99. The van der Waals surface area contributed by atoms with Crippen LogP contribution in [0, 0.1) is 0 Å². The second-order valence-electron chi connectivity index (χ2n) is 8.38. The minimum atomic E-state index is 0.0815. The van der Waals surface area contributed by atoms with Crippen LogP contribution < -0.4 is 9.64 Å². The molecule has 3 aromatic carbocycles. The van der Waals surface area contributed by atoms with Crippen molar-refractivity contribution < 1.29 is 9.53 Å². The molecule has 4 rings (SSSR count). The third-order valence-electron chi connectivity index (χ3n) is 6.37. The van der Waals surface area contributed by atoms with Crippen molar-refractivity contribution in [1.82, 2.24) is 4.90 Å². The third kappa shape index (κ3) is 5.03. The van der Waals surface area contributed by atoms with Gasteiger partial charge in [-0.3, -0.25) is 9.69 Å². The zero-order chi connectivity index (χ0) is 22.3. The number of piperidine rings is 1. The van der Waals surface area contributed by atoms with Crippen LogP contribution in [0.25, 0.3) is 0 Å². The van der Waals surface area contributed by atoms with Crippen LogP contribution in [-0.2, 0) is 13.0 Å². The van der Waals surface area contributed by atoms with Crippen molar-refractivity contribution >= 4 is 11.6 Å². The lowest BCUT2D eigenvalue weighted by Crippen LogP contribution is -2.47. The minimum Gasteiger partial charge on any atom is -0.496 e. The SMILES string of the molecule is CCc1ccc(N(C(=O)c2ccccc2)C2CCN(Cc3ccccc3OC)CC2)cc1. The topological polar surface area (TPSA) is 32.8 Å². The van der Waals surface area contributed by atoms with Gasteiger partial charge in [0, 0.05) is 42.5 Å². The highest BCUT2D eigenvalue weighted by molar-refractivity contribution is 6.06. The molecule has 0 atom stereocenters. The zero-order valence-electron chi connectivity index (χ0n) is 19.0. The Hall–Kier alpha value is -3.11. The molecule has 0 bridgehead atoms. The Morgan fingerprint density at radius 1 is 0.938 bits per heavy atom. The Balaban J connectivity index is 1.51. The molecule has 1 amide bonds. The number of likely N-dealkylation sites (tertiary alicyclic amines) is 1. The Labute approximate surface area is 191 Å². The number of anilines is 1. The summed E-state index contributed by atoms with van der Waals surface area (Å²) < 4.78 is 5.52. The van der Waals surface area contributed by atoms with E-state index in [9.17, 15) is 4.79 Å². The van der Waals surface area contributed by atoms with Crippen LogP contribution in [0.1, 0.15) is 41.3 Å². The number of amides is 1. The van der Waals surface area contributed by atoms with Gasteiger partial charge in [0.05, 0.1) is 7.11 Å². The van der Waals surface area contributed by atoms with Gasteiger partial charge in [-0.05, 0) is 55.2 Å². The molecule has 0 N–H and O–H groups in total. The van der Waals surface area contributed by atoms with E-state index in [1.54, 1.807) is 7.11 Å². The van der Waals surface area contributed by atoms with Crippen molar-refractivity contribution in [3.63, 3.8) is 0 Å². The minimum absolute atomic E-state index is 0.0815. The van der Waals surface area contributed by atoms with Gasteiger partial charge in [-0.25, -0.2) is 0 Å². The van der Waals surface area contributed by atoms with E-state index in [1.165, 1.54) is 11.1 Å². The average molecular weight is 429 g/mol. The van der Waals surface area contributed by atoms with Crippen molar-refractivity contribution in [2.75, 3.05) is 25.1 Å². The second-order valence-corrected chi connectivity index (χ2v) is 8.38. The smallest absolute Gasteiger partial charge is 0.258 e. The van der Waals surface area contributed by atoms with Crippen LogP contribution in [0.3, 0.4) is 0 Å². The molecule has 0 radical (unpaired) electrons. The molecule has 1 aliphatic rings. The van der Waals surface area contributed by atoms with Gasteiger partial charge in [0.2, 0.25) is 0 Å². The molecule has 0 unspecified atom stereocenters. The number of hydrogen-bond acceptors (Lipinski definition) is 3. The van der Waals surface area contributed by atoms with Gasteiger partial charge in [0.1, 0.15) is 5.75 Å². The molecule has 0 spiro atoms. The first-order chi connectivity index (χ1) is 15.7. The molecule has 1 fully saturated rings. The maximum atomic E-state index is 13.6. The average Bonchev–Trinajstić information content (AvgIpc) is 2.86. The molecule has 0 saturated carbocycles. The summed E-state index contributed by atoms with van der Waals surface area (Å²) in [5.74, 6) is 1.02. The maximum Gasteiger partial charge on any atom is 0.258 e. The fourth-order valence-corrected chi connectivity index (χ4v) is 4.52. The number of carbonyl (C=O) groups is 1. The van der Waals surface area contributed by atoms with E-state index < -0.39 is 0 Å². The lowest BCUT2D eigenvalue weighted by Gasteiger charge is -2.39. The summed E-state index contributed by atoms with van der Waals surface area (Å²) in [6.07, 6.45) is 2.89. The van der Waals surface area contributed by atoms with Crippen LogP contribution in [0.4, 0.5) is 5.69 Å². The zero-order valence-corrected chi connectivity index (χ0v) is 19.0. The van der Waals surface area contributed by atoms with E-state index in [0.717, 1.165) is 55.9 Å². The Bertz CT molecular complexity index is 1010. The van der Waals surface area contributed by atoms with Crippen LogP contribution in [0.15, 0.2) is 78.9 Å². The number of para-hydroxylation sites is 1. The third-order valence-corrected chi connectivity index (χ3v) is 6.37. The first kappa shape index (κ1) is 22.1. The predicted molar refractivity (Wildman–Crippen MR) is 130 cm³/mol. The van der Waals surface area contributed by atoms with Gasteiger partial charge >= 0.3 is 0 Å². The normalized spacial score (nSPS) is 14.8. The second kappa shape index (κ2) is 10.5. The number of aryl methyl sites for hydroxylation is 1. The van der Waals surface area contributed by atoms with Crippen molar-refractivity contribution in [3.05, 3.63) is 95.6 Å². The number of nitrogens with zero attached hydrogens (tertiary/aromatic N) is 2. The molecule has 0 aliphatic carbocycles. The Morgan fingerprint density at radius 3 is 2.25 bits per heavy atom. The summed E-state index contributed by atoms with van der Waals surface area (Å²) in [5, 5.41) is 0. The fourth-order valence-electron chi connectivity index (χ4n) is 4.52. The highest BCUT2D eigenvalue weighted by Crippen LogP contribution is 2.28. The van der Waals surface area contributed by atoms with E-state index in [0.29, 0.717) is 0 Å². The number of carbonyl (C=O) groups excluding carboxylic acids is 1. The molecular formula is C28H32N2O2. The quantitative estimate of drug-likeness (QED) is 0.493. The van der Waals surface area contributed by atoms with Gasteiger partial charge < -0.3 is 9.64 Å². The first-order valence-electron chi connectivity index (χ1n) is 11.5. The summed E-state index contributed by atoms with van der Waals surface area (Å²) in [5.41, 5.74) is 4.22. The summed E-state index contributed by atoms with van der Waals surface area (Å²) in [6, 6.07) is 26.5. The largest absolute Gasteiger partial charge is 0.496 e. The summed E-state index contributed by atoms with van der Waals surface area (Å²) >= 11 is 0. The first-order valence-corrected chi connectivity index (χ1v) is 11.5. The number of methoxy groups -OCH3 is 1. The highest BCUT2D eigenvalue weighted by Gasteiger charge is 2.30. The lowest BCUT2D eigenvalue weighted by molar-refractivity contribution is 0.0958. The number of hydrogen-bond donors (Lipinski definition) is 0. The van der Waals surface area contributed by atoms with Gasteiger partial charge in [0.15, 0.2) is 0 Å².